The number of hydrogen-bond acceptors (Lipinski definition) is 6. The lowest BCUT2D eigenvalue weighted by atomic mass is 10.0. The van der Waals surface area contributed by atoms with Gasteiger partial charge in [0.1, 0.15) is 19.3 Å². The molecule has 0 aliphatic carbocycles. The van der Waals surface area contributed by atoms with E-state index in [2.05, 4.69) is 10.6 Å². The molecule has 3 aromatic carbocycles. The monoisotopic (exact) mass is 472 g/mol. The van der Waals surface area contributed by atoms with Crippen molar-refractivity contribution < 1.29 is 28.5 Å². The number of fused-ring (bicyclic) bond motifs is 2. The van der Waals surface area contributed by atoms with Gasteiger partial charge in [-0.3, -0.25) is 9.59 Å². The number of carbonyl (C=O) groups excluding carboxylic acids is 2. The highest BCUT2D eigenvalue weighted by Crippen LogP contribution is 2.34. The summed E-state index contributed by atoms with van der Waals surface area (Å²) in [6, 6.07) is 17.1. The highest BCUT2D eigenvalue weighted by Gasteiger charge is 2.23. The smallest absolute Gasteiger partial charge is 0.251 e. The van der Waals surface area contributed by atoms with Crippen LogP contribution < -0.4 is 29.6 Å². The predicted octanol–water partition coefficient (Wildman–Crippen LogP) is 4.00. The average molecular weight is 472 g/mol. The number of rotatable bonds is 6. The topological polar surface area (TPSA) is 95.1 Å². The lowest BCUT2D eigenvalue weighted by Gasteiger charge is -2.21. The van der Waals surface area contributed by atoms with Gasteiger partial charge in [0.2, 0.25) is 12.7 Å². The van der Waals surface area contributed by atoms with Crippen LogP contribution in [0.15, 0.2) is 66.7 Å². The molecule has 0 bridgehead atoms. The molecule has 0 radical (unpaired) electrons. The number of aryl methyl sites for hydroxylation is 1. The summed E-state index contributed by atoms with van der Waals surface area (Å²) in [4.78, 5) is 26.0. The molecule has 0 aromatic heterocycles. The lowest BCUT2D eigenvalue weighted by molar-refractivity contribution is -0.123. The van der Waals surface area contributed by atoms with Gasteiger partial charge in [-0.1, -0.05) is 35.9 Å². The van der Waals surface area contributed by atoms with Crippen LogP contribution in [0.1, 0.15) is 22.7 Å². The molecule has 2 heterocycles. The van der Waals surface area contributed by atoms with Crippen LogP contribution in [0.25, 0.3) is 6.08 Å². The number of amides is 2. The zero-order valence-corrected chi connectivity index (χ0v) is 19.1. The summed E-state index contributed by atoms with van der Waals surface area (Å²) < 4.78 is 21.8. The molecular formula is C27H24N2O6. The number of benzene rings is 3. The van der Waals surface area contributed by atoms with Crippen molar-refractivity contribution in [2.75, 3.05) is 25.3 Å². The zero-order chi connectivity index (χ0) is 24.2. The quantitative estimate of drug-likeness (QED) is 0.527. The van der Waals surface area contributed by atoms with E-state index in [0.717, 1.165) is 11.1 Å². The highest BCUT2D eigenvalue weighted by atomic mass is 16.7. The summed E-state index contributed by atoms with van der Waals surface area (Å²) in [6.45, 7) is 3.07. The summed E-state index contributed by atoms with van der Waals surface area (Å²) in [7, 11) is 0. The molecule has 35 heavy (non-hydrogen) atoms. The molecular weight excluding hydrogens is 448 g/mol. The fourth-order valence-electron chi connectivity index (χ4n) is 3.77. The van der Waals surface area contributed by atoms with E-state index in [-0.39, 0.29) is 12.7 Å². The van der Waals surface area contributed by atoms with Crippen molar-refractivity contribution in [1.29, 1.82) is 0 Å². The molecule has 2 amide bonds. The Morgan fingerprint density at radius 2 is 1.51 bits per heavy atom. The standard InChI is InChI=1S/C27H24N2O6/c1-17-2-6-19(7-3-17)26(27(31)28-20-8-10-21-24(15-20)33-13-12-32-21)29-25(30)11-5-18-4-9-22-23(14-18)35-16-34-22/h2-11,14-15,26H,12-13,16H2,1H3,(H,28,31)(H,29,30)/b11-5-. The van der Waals surface area contributed by atoms with E-state index in [9.17, 15) is 9.59 Å². The number of nitrogens with one attached hydrogen (secondary N) is 2. The summed E-state index contributed by atoms with van der Waals surface area (Å²) in [5.41, 5.74) is 3.03. The highest BCUT2D eigenvalue weighted by molar-refractivity contribution is 6.00. The third-order valence-electron chi connectivity index (χ3n) is 5.59. The van der Waals surface area contributed by atoms with Gasteiger partial charge in [0.25, 0.3) is 5.91 Å². The molecule has 2 aliphatic heterocycles. The van der Waals surface area contributed by atoms with Gasteiger partial charge >= 0.3 is 0 Å². The molecule has 5 rings (SSSR count). The summed E-state index contributed by atoms with van der Waals surface area (Å²) in [5, 5.41) is 5.68. The summed E-state index contributed by atoms with van der Waals surface area (Å²) in [5.74, 6) is 1.70. The number of ether oxygens (including phenoxy) is 4. The third kappa shape index (κ3) is 5.22. The maximum Gasteiger partial charge on any atom is 0.251 e. The Balaban J connectivity index is 1.32. The second-order valence-electron chi connectivity index (χ2n) is 8.15. The van der Waals surface area contributed by atoms with Gasteiger partial charge in [-0.05, 0) is 48.4 Å². The first kappa shape index (κ1) is 22.3. The molecule has 2 aliphatic rings. The van der Waals surface area contributed by atoms with Crippen LogP contribution in [-0.4, -0.2) is 31.8 Å². The van der Waals surface area contributed by atoms with Gasteiger partial charge in [0.15, 0.2) is 23.0 Å². The Morgan fingerprint density at radius 1 is 0.829 bits per heavy atom. The first-order valence-corrected chi connectivity index (χ1v) is 11.2. The molecule has 1 atom stereocenters. The van der Waals surface area contributed by atoms with E-state index < -0.39 is 11.9 Å². The Bertz CT molecular complexity index is 1290. The molecule has 0 saturated heterocycles. The van der Waals surface area contributed by atoms with Gasteiger partial charge in [0, 0.05) is 17.8 Å². The molecule has 8 heteroatoms. The van der Waals surface area contributed by atoms with Gasteiger partial charge in [-0.25, -0.2) is 0 Å². The van der Waals surface area contributed by atoms with Crippen LogP contribution in [0.2, 0.25) is 0 Å². The van der Waals surface area contributed by atoms with Crippen molar-refractivity contribution in [3.8, 4) is 23.0 Å². The van der Waals surface area contributed by atoms with Crippen LogP contribution in [0.4, 0.5) is 5.69 Å². The molecule has 0 spiro atoms. The second-order valence-corrected chi connectivity index (χ2v) is 8.15. The largest absolute Gasteiger partial charge is 0.486 e. The van der Waals surface area contributed by atoms with E-state index in [0.29, 0.717) is 47.5 Å². The minimum atomic E-state index is -0.905. The van der Waals surface area contributed by atoms with Gasteiger partial charge in [-0.15, -0.1) is 0 Å². The molecule has 2 N–H and O–H groups in total. The van der Waals surface area contributed by atoms with Gasteiger partial charge in [0.05, 0.1) is 0 Å². The summed E-state index contributed by atoms with van der Waals surface area (Å²) in [6.07, 6.45) is 3.04. The molecule has 3 aromatic rings. The minimum absolute atomic E-state index is 0.180. The maximum absolute atomic E-state index is 13.3. The molecule has 0 fully saturated rings. The van der Waals surface area contributed by atoms with Crippen molar-refractivity contribution in [1.82, 2.24) is 5.32 Å². The first-order valence-electron chi connectivity index (χ1n) is 11.2. The van der Waals surface area contributed by atoms with Crippen molar-refractivity contribution >= 4 is 23.6 Å². The Hall–Kier alpha value is -4.46. The van der Waals surface area contributed by atoms with Crippen LogP contribution >= 0.6 is 0 Å². The van der Waals surface area contributed by atoms with Gasteiger partial charge in [-0.2, -0.15) is 0 Å². The third-order valence-corrected chi connectivity index (χ3v) is 5.59. The molecule has 178 valence electrons. The number of hydrogen-bond donors (Lipinski definition) is 2. The summed E-state index contributed by atoms with van der Waals surface area (Å²) >= 11 is 0. The Kier molecular flexibility index (Phi) is 6.26. The van der Waals surface area contributed by atoms with Crippen molar-refractivity contribution in [3.63, 3.8) is 0 Å². The first-order chi connectivity index (χ1) is 17.0. The fourth-order valence-corrected chi connectivity index (χ4v) is 3.77. The van der Waals surface area contributed by atoms with E-state index in [1.807, 2.05) is 37.3 Å². The number of carbonyl (C=O) groups is 2. The van der Waals surface area contributed by atoms with Gasteiger partial charge < -0.3 is 29.6 Å². The van der Waals surface area contributed by atoms with Crippen molar-refractivity contribution in [2.24, 2.45) is 0 Å². The van der Waals surface area contributed by atoms with Crippen LogP contribution in [0.5, 0.6) is 23.0 Å². The maximum atomic E-state index is 13.3. The van der Waals surface area contributed by atoms with Crippen LogP contribution in [0, 0.1) is 6.92 Å². The SMILES string of the molecule is Cc1ccc(C(NC(=O)/C=C\c2ccc3c(c2)OCO3)C(=O)Nc2ccc3c(c2)OCCO3)cc1. The minimum Gasteiger partial charge on any atom is -0.486 e. The zero-order valence-electron chi connectivity index (χ0n) is 19.1. The Labute approximate surface area is 202 Å². The molecule has 0 saturated carbocycles. The van der Waals surface area contributed by atoms with E-state index in [1.165, 1.54) is 6.08 Å². The van der Waals surface area contributed by atoms with Crippen molar-refractivity contribution in [2.45, 2.75) is 13.0 Å². The molecule has 8 nitrogen and oxygen atoms in total. The van der Waals surface area contributed by atoms with Crippen LogP contribution in [-0.2, 0) is 9.59 Å². The van der Waals surface area contributed by atoms with E-state index in [4.69, 9.17) is 18.9 Å². The average Bonchev–Trinajstić information content (AvgIpc) is 3.34. The van der Waals surface area contributed by atoms with E-state index >= 15 is 0 Å². The van der Waals surface area contributed by atoms with Crippen LogP contribution in [0.3, 0.4) is 0 Å². The number of anilines is 1. The van der Waals surface area contributed by atoms with Crippen molar-refractivity contribution in [3.05, 3.63) is 83.4 Å². The lowest BCUT2D eigenvalue weighted by Crippen LogP contribution is -2.36. The predicted molar refractivity (Wildman–Crippen MR) is 130 cm³/mol. The van der Waals surface area contributed by atoms with E-state index in [1.54, 1.807) is 36.4 Å². The Morgan fingerprint density at radius 3 is 2.34 bits per heavy atom. The molecule has 1 unspecified atom stereocenters. The normalized spacial score (nSPS) is 14.4. The fraction of sp³-hybridized carbons (Fsp3) is 0.185. The second kappa shape index (κ2) is 9.80.